The molecule has 0 aliphatic carbocycles. The normalized spacial score (nSPS) is 12.7. The summed E-state index contributed by atoms with van der Waals surface area (Å²) in [7, 11) is 0. The van der Waals surface area contributed by atoms with Crippen LogP contribution >= 0.6 is 0 Å². The number of halogens is 4. The minimum Gasteiger partial charge on any atom is -0.478 e. The van der Waals surface area contributed by atoms with Gasteiger partial charge in [-0.05, 0) is 18.2 Å². The van der Waals surface area contributed by atoms with Crippen molar-refractivity contribution in [1.82, 2.24) is 4.90 Å². The molecular formula is C18H8F4N2O7. The lowest BCUT2D eigenvalue weighted by Gasteiger charge is -2.14. The number of benzene rings is 2. The maximum atomic E-state index is 13.9. The zero-order valence-electron chi connectivity index (χ0n) is 14.8. The summed E-state index contributed by atoms with van der Waals surface area (Å²) >= 11 is 0. The molecule has 31 heavy (non-hydrogen) atoms. The van der Waals surface area contributed by atoms with Crippen molar-refractivity contribution in [2.75, 3.05) is 11.9 Å². The first-order chi connectivity index (χ1) is 14.4. The quantitative estimate of drug-likeness (QED) is 0.279. The van der Waals surface area contributed by atoms with E-state index in [1.807, 2.05) is 5.32 Å². The van der Waals surface area contributed by atoms with Gasteiger partial charge in [0, 0.05) is 5.69 Å². The Morgan fingerprint density at radius 3 is 1.58 bits per heavy atom. The molecular weight excluding hydrogens is 432 g/mol. The molecule has 3 N–H and O–H groups in total. The summed E-state index contributed by atoms with van der Waals surface area (Å²) in [6, 6.07) is 2.55. The van der Waals surface area contributed by atoms with Gasteiger partial charge in [0.15, 0.2) is 23.3 Å². The van der Waals surface area contributed by atoms with E-state index < -0.39 is 81.7 Å². The molecule has 1 aliphatic heterocycles. The third kappa shape index (κ3) is 3.56. The highest BCUT2D eigenvalue weighted by atomic mass is 19.2. The van der Waals surface area contributed by atoms with Crippen LogP contribution in [-0.4, -0.2) is 51.3 Å². The van der Waals surface area contributed by atoms with Crippen LogP contribution in [0.3, 0.4) is 0 Å². The molecule has 1 aliphatic rings. The molecule has 2 aromatic carbocycles. The van der Waals surface area contributed by atoms with Gasteiger partial charge in [-0.2, -0.15) is 0 Å². The fraction of sp³-hybridized carbons (Fsp3) is 0.0556. The number of carbonyl (C=O) groups excluding carboxylic acids is 3. The number of fused-ring (bicyclic) bond motifs is 1. The maximum Gasteiger partial charge on any atom is 0.335 e. The minimum absolute atomic E-state index is 0.0180. The zero-order chi connectivity index (χ0) is 23.2. The molecule has 1 heterocycles. The van der Waals surface area contributed by atoms with Crippen molar-refractivity contribution in [2.45, 2.75) is 0 Å². The summed E-state index contributed by atoms with van der Waals surface area (Å²) in [5.74, 6) is -16.3. The number of hydrogen-bond acceptors (Lipinski definition) is 5. The average molecular weight is 440 g/mol. The first-order valence-corrected chi connectivity index (χ1v) is 8.07. The van der Waals surface area contributed by atoms with E-state index in [4.69, 9.17) is 10.2 Å². The van der Waals surface area contributed by atoms with Crippen LogP contribution in [0.2, 0.25) is 0 Å². The van der Waals surface area contributed by atoms with Gasteiger partial charge in [0.25, 0.3) is 11.8 Å². The first-order valence-electron chi connectivity index (χ1n) is 8.07. The van der Waals surface area contributed by atoms with E-state index >= 15 is 0 Å². The Balaban J connectivity index is 1.88. The van der Waals surface area contributed by atoms with Crippen molar-refractivity contribution < 1.29 is 51.7 Å². The molecule has 0 saturated heterocycles. The topological polar surface area (TPSA) is 141 Å². The Morgan fingerprint density at radius 2 is 1.19 bits per heavy atom. The highest BCUT2D eigenvalue weighted by Crippen LogP contribution is 2.31. The Bertz CT molecular complexity index is 1130. The number of carboxylic acid groups (broad SMARTS) is 2. The van der Waals surface area contributed by atoms with Gasteiger partial charge in [-0.15, -0.1) is 0 Å². The summed E-state index contributed by atoms with van der Waals surface area (Å²) < 4.78 is 54.5. The minimum atomic E-state index is -2.31. The monoisotopic (exact) mass is 440 g/mol. The number of nitrogens with zero attached hydrogens (tertiary/aromatic N) is 1. The summed E-state index contributed by atoms with van der Waals surface area (Å²) in [4.78, 5) is 58.8. The number of rotatable bonds is 5. The molecule has 3 amide bonds. The molecule has 0 atom stereocenters. The molecule has 0 saturated carbocycles. The number of carbonyl (C=O) groups is 5. The van der Waals surface area contributed by atoms with Gasteiger partial charge < -0.3 is 15.5 Å². The van der Waals surface area contributed by atoms with Gasteiger partial charge in [0.1, 0.15) is 6.54 Å². The van der Waals surface area contributed by atoms with Crippen LogP contribution in [-0.2, 0) is 4.79 Å². The summed E-state index contributed by atoms with van der Waals surface area (Å²) in [5.41, 5.74) is -4.11. The molecule has 0 aromatic heterocycles. The highest BCUT2D eigenvalue weighted by molar-refractivity contribution is 6.23. The van der Waals surface area contributed by atoms with Gasteiger partial charge in [-0.25, -0.2) is 27.2 Å². The smallest absolute Gasteiger partial charge is 0.335 e. The predicted molar refractivity (Wildman–Crippen MR) is 90.6 cm³/mol. The van der Waals surface area contributed by atoms with Crippen molar-refractivity contribution in [2.24, 2.45) is 0 Å². The Labute approximate surface area is 168 Å². The number of carboxylic acids is 2. The zero-order valence-corrected chi connectivity index (χ0v) is 14.8. The number of anilines is 1. The number of aromatic carboxylic acids is 2. The van der Waals surface area contributed by atoms with Crippen molar-refractivity contribution in [3.63, 3.8) is 0 Å². The van der Waals surface area contributed by atoms with Gasteiger partial charge in [0.2, 0.25) is 5.91 Å². The molecule has 9 nitrogen and oxygen atoms in total. The van der Waals surface area contributed by atoms with Gasteiger partial charge in [-0.3, -0.25) is 19.3 Å². The van der Waals surface area contributed by atoms with E-state index in [-0.39, 0.29) is 10.6 Å². The second-order valence-corrected chi connectivity index (χ2v) is 6.16. The van der Waals surface area contributed by atoms with Crippen LogP contribution in [0.25, 0.3) is 0 Å². The molecule has 0 fully saturated rings. The lowest BCUT2D eigenvalue weighted by atomic mass is 10.1. The lowest BCUT2D eigenvalue weighted by molar-refractivity contribution is -0.116. The summed E-state index contributed by atoms with van der Waals surface area (Å²) in [5, 5.41) is 20.1. The molecule has 3 rings (SSSR count). The lowest BCUT2D eigenvalue weighted by Crippen LogP contribution is -2.37. The summed E-state index contributed by atoms with van der Waals surface area (Å²) in [6.45, 7) is -1.17. The first kappa shape index (κ1) is 21.4. The Kier molecular flexibility index (Phi) is 5.19. The van der Waals surface area contributed by atoms with Crippen LogP contribution in [0.1, 0.15) is 41.4 Å². The molecule has 0 unspecified atom stereocenters. The third-order valence-electron chi connectivity index (χ3n) is 4.20. The molecule has 0 radical (unpaired) electrons. The number of imide groups is 1. The molecule has 13 heteroatoms. The fourth-order valence-corrected chi connectivity index (χ4v) is 2.83. The standard InChI is InChI=1S/C18H8F4N2O7/c19-11-9-10(12(20)14(22)13(11)21)16(27)24(15(9)26)4-8(25)23-7-2-5(17(28)29)1-6(3-7)18(30)31/h1-3H,4H2,(H,23,25)(H,28,29)(H,30,31). The third-order valence-corrected chi connectivity index (χ3v) is 4.20. The fourth-order valence-electron chi connectivity index (χ4n) is 2.83. The highest BCUT2D eigenvalue weighted by Gasteiger charge is 2.44. The molecule has 0 bridgehead atoms. The van der Waals surface area contributed by atoms with Crippen molar-refractivity contribution in [1.29, 1.82) is 0 Å². The van der Waals surface area contributed by atoms with Gasteiger partial charge in [0.05, 0.1) is 22.3 Å². The summed E-state index contributed by atoms with van der Waals surface area (Å²) in [6.07, 6.45) is 0. The van der Waals surface area contributed by atoms with E-state index in [9.17, 15) is 41.5 Å². The van der Waals surface area contributed by atoms with E-state index in [0.29, 0.717) is 0 Å². The van der Waals surface area contributed by atoms with Crippen LogP contribution in [0.15, 0.2) is 18.2 Å². The van der Waals surface area contributed by atoms with Crippen LogP contribution in [0, 0.1) is 23.3 Å². The van der Waals surface area contributed by atoms with Crippen LogP contribution < -0.4 is 5.32 Å². The van der Waals surface area contributed by atoms with E-state index in [1.165, 1.54) is 0 Å². The Hall–Kier alpha value is -4.29. The van der Waals surface area contributed by atoms with Crippen LogP contribution in [0.5, 0.6) is 0 Å². The number of hydrogen-bond donors (Lipinski definition) is 3. The predicted octanol–water partition coefficient (Wildman–Crippen LogP) is 1.87. The van der Waals surface area contributed by atoms with Crippen molar-refractivity contribution in [3.05, 3.63) is 63.7 Å². The molecule has 2 aromatic rings. The number of nitrogens with one attached hydrogen (secondary N) is 1. The van der Waals surface area contributed by atoms with E-state index in [1.54, 1.807) is 0 Å². The van der Waals surface area contributed by atoms with E-state index in [2.05, 4.69) is 0 Å². The SMILES string of the molecule is O=C(CN1C(=O)c2c(F)c(F)c(F)c(F)c2C1=O)Nc1cc(C(=O)O)cc(C(=O)O)c1. The number of amides is 3. The second kappa shape index (κ2) is 7.51. The Morgan fingerprint density at radius 1 is 0.774 bits per heavy atom. The van der Waals surface area contributed by atoms with Gasteiger partial charge >= 0.3 is 11.9 Å². The van der Waals surface area contributed by atoms with Crippen LogP contribution in [0.4, 0.5) is 23.2 Å². The van der Waals surface area contributed by atoms with E-state index in [0.717, 1.165) is 18.2 Å². The second-order valence-electron chi connectivity index (χ2n) is 6.16. The van der Waals surface area contributed by atoms with Crippen molar-refractivity contribution in [3.8, 4) is 0 Å². The molecule has 0 spiro atoms. The molecule has 160 valence electrons. The largest absolute Gasteiger partial charge is 0.478 e. The van der Waals surface area contributed by atoms with Gasteiger partial charge in [-0.1, -0.05) is 0 Å². The maximum absolute atomic E-state index is 13.9. The van der Waals surface area contributed by atoms with Crippen molar-refractivity contribution >= 4 is 35.3 Å². The average Bonchev–Trinajstić information content (AvgIpc) is 2.95.